The van der Waals surface area contributed by atoms with Crippen molar-refractivity contribution in [2.45, 2.75) is 187 Å². The van der Waals surface area contributed by atoms with Crippen LogP contribution in [0.15, 0.2) is 113 Å². The molecule has 5 aliphatic rings. The summed E-state index contributed by atoms with van der Waals surface area (Å²) < 4.78 is 36.8. The van der Waals surface area contributed by atoms with E-state index in [-0.39, 0.29) is 117 Å². The van der Waals surface area contributed by atoms with E-state index in [1.807, 2.05) is 75.7 Å². The van der Waals surface area contributed by atoms with Gasteiger partial charge in [0.15, 0.2) is 26.7 Å². The van der Waals surface area contributed by atoms with Crippen LogP contribution in [-0.4, -0.2) is 225 Å². The predicted molar refractivity (Wildman–Crippen MR) is 448 cm³/mol. The van der Waals surface area contributed by atoms with Crippen LogP contribution in [0.4, 0.5) is 21.1 Å². The minimum absolute atomic E-state index is 0.00428. The summed E-state index contributed by atoms with van der Waals surface area (Å²) >= 11 is 1.59. The van der Waals surface area contributed by atoms with Crippen molar-refractivity contribution in [2.24, 2.45) is 23.5 Å². The number of urea groups is 1. The molecule has 8 heterocycles. The first-order valence-corrected chi connectivity index (χ1v) is 44.9. The molecule has 3 fully saturated rings. The van der Waals surface area contributed by atoms with Gasteiger partial charge in [0.05, 0.1) is 52.2 Å². The van der Waals surface area contributed by atoms with Crippen molar-refractivity contribution in [1.82, 2.24) is 66.5 Å². The van der Waals surface area contributed by atoms with E-state index >= 15 is 9.59 Å². The number of thiazole rings is 1. The van der Waals surface area contributed by atoms with Gasteiger partial charge in [-0.05, 0) is 136 Å². The van der Waals surface area contributed by atoms with Crippen molar-refractivity contribution in [3.05, 3.63) is 131 Å². The summed E-state index contributed by atoms with van der Waals surface area (Å²) in [5, 5.41) is 27.9. The molecule has 0 spiro atoms. The number of ether oxygens (including phenoxy) is 4. The molecule has 8 atom stereocenters. The van der Waals surface area contributed by atoms with Gasteiger partial charge in [0.25, 0.3) is 17.7 Å². The average Bonchev–Trinajstić information content (AvgIpc) is 1.02. The topological polar surface area (TPSA) is 370 Å². The van der Waals surface area contributed by atoms with Crippen LogP contribution in [0, 0.1) is 24.7 Å². The highest BCUT2D eigenvalue weighted by Gasteiger charge is 2.49. The smallest absolute Gasteiger partial charge is 0.417 e. The molecule has 10 amide bonds. The van der Waals surface area contributed by atoms with Crippen molar-refractivity contribution in [3.63, 3.8) is 0 Å². The molecular weight excluding hydrogens is 1550 g/mol. The highest BCUT2D eigenvalue weighted by Crippen LogP contribution is 2.43. The Morgan fingerprint density at radius 1 is 0.754 bits per heavy atom. The number of piperidine rings is 1. The van der Waals surface area contributed by atoms with Crippen molar-refractivity contribution in [1.29, 1.82) is 0 Å². The van der Waals surface area contributed by atoms with Crippen molar-refractivity contribution in [3.8, 4) is 33.3 Å². The van der Waals surface area contributed by atoms with Gasteiger partial charge < -0.3 is 70.0 Å². The first-order chi connectivity index (χ1) is 56.4. The van der Waals surface area contributed by atoms with E-state index in [0.29, 0.717) is 91.9 Å². The maximum Gasteiger partial charge on any atom is 0.417 e. The maximum absolute atomic E-state index is 15.3. The van der Waals surface area contributed by atoms with Crippen LogP contribution in [0.25, 0.3) is 21.7 Å². The number of aromatic nitrogens is 4. The van der Waals surface area contributed by atoms with Gasteiger partial charge in [-0.15, -0.1) is 21.5 Å². The summed E-state index contributed by atoms with van der Waals surface area (Å²) in [6, 6.07) is 23.3. The Morgan fingerprint density at radius 3 is 2.17 bits per heavy atom. The summed E-state index contributed by atoms with van der Waals surface area (Å²) in [6.07, 6.45) is 3.79. The fourth-order valence-corrected chi connectivity index (χ4v) is 17.7. The Morgan fingerprint density at radius 2 is 1.48 bits per heavy atom. The molecule has 118 heavy (non-hydrogen) atoms. The number of piperazine rings is 1. The van der Waals surface area contributed by atoms with Crippen LogP contribution in [0.1, 0.15) is 154 Å². The van der Waals surface area contributed by atoms with E-state index in [9.17, 15) is 33.6 Å². The number of para-hydroxylation sites is 1. The average molecular weight is 1660 g/mol. The van der Waals surface area contributed by atoms with Crippen molar-refractivity contribution in [2.75, 3.05) is 102 Å². The van der Waals surface area contributed by atoms with E-state index in [0.717, 1.165) is 65.6 Å². The molecule has 0 radical (unpaired) electrons. The molecule has 0 saturated carbocycles. The number of nitrogens with two attached hydrogens (primary N) is 1. The minimum Gasteiger partial charge on any atom is -0.474 e. The monoisotopic (exact) mass is 1660 g/mol. The van der Waals surface area contributed by atoms with Crippen LogP contribution in [0.3, 0.4) is 0 Å². The van der Waals surface area contributed by atoms with Gasteiger partial charge in [-0.2, -0.15) is 0 Å². The standard InChI is InChI=1S/C85H116N16O15SSi/c1-53(2)74(82(108)100-50-62(116-118(11,12)85(7,8)9)44-67(100)79(106)89-55(5)58-28-30-59(31-29-58)76-56(6)88-51-117-76)69-46-71(95-115-69)112-43-42-96-38-34-57(35-39-96)47-97-40-41-98-61(48-97)49-101(77-66(98)45-65(93-94-77)63-24-18-19-26-68(63)113-52-111-10)84(110)114-81(60-22-15-13-16-23-60)92-78(105)64(25-21-36-87-83(86)109)90-80(107)75(54(3)4)91-70(102)27-17-14-20-37-99-72(103)32-33-73(99)104/h13,15-16,18-19,22-24,26,28-33,45-46,51,53-55,57,61-62,64,67,74-75,81H,14,17,20-21,25,27,34-44,47-50,52H2,1-12H3,(H,89,106)(H,90,107)(H,91,102)(H,92,105)(H3,86,87,109)/t55-,61+,62+,64-,67-,74+,75-,81?/m0/s1. The summed E-state index contributed by atoms with van der Waals surface area (Å²) in [4.78, 5) is 140. The number of carbonyl (C=O) groups excluding carboxylic acids is 9. The van der Waals surface area contributed by atoms with Gasteiger partial charge in [-0.3, -0.25) is 53.2 Å². The SMILES string of the molecule is COCOc1ccccc1-c1cc2c(nn1)N(C(=O)OC(NC(=O)[C@H](CCCNC(N)=O)NC(=O)[C@@H](NC(=O)CCCCCN1C(=O)C=CC1=O)C(C)C)c1ccccc1)C[C@H]1CN(CC3CCN(CCOc4cc([C@H](C(=O)N5C[C@H](O[Si](C)(C)C(C)(C)C)C[C@H]5C(=O)N[C@@H](C)c5ccc(-c6scnc6C)cc5)C(C)C)on4)CC3)CCN21. The molecular formula is C85H116N16O15SSi. The predicted octanol–water partition coefficient (Wildman–Crippen LogP) is 9.77. The quantitative estimate of drug-likeness (QED) is 0.00914. The third-order valence-corrected chi connectivity index (χ3v) is 28.7. The molecule has 7 N–H and O–H groups in total. The normalized spacial score (nSPS) is 18.6. The number of benzene rings is 3. The molecule has 31 nitrogen and oxygen atoms in total. The Labute approximate surface area is 695 Å². The van der Waals surface area contributed by atoms with Crippen LogP contribution >= 0.6 is 11.3 Å². The lowest BCUT2D eigenvalue weighted by Crippen LogP contribution is -2.61. The molecule has 3 aromatic carbocycles. The van der Waals surface area contributed by atoms with Crippen LogP contribution < -0.4 is 51.6 Å². The van der Waals surface area contributed by atoms with Crippen LogP contribution in [0.2, 0.25) is 18.1 Å². The summed E-state index contributed by atoms with van der Waals surface area (Å²) in [7, 11) is -0.774. The van der Waals surface area contributed by atoms with Crippen molar-refractivity contribution >= 4 is 84.6 Å². The summed E-state index contributed by atoms with van der Waals surface area (Å²) in [5.74, 6) is -2.64. The second-order valence-corrected chi connectivity index (χ2v) is 39.0. The molecule has 5 aliphatic heterocycles. The number of aryl methyl sites for hydroxylation is 1. The van der Waals surface area contributed by atoms with E-state index in [4.69, 9.17) is 38.7 Å². The van der Waals surface area contributed by atoms with Gasteiger partial charge >= 0.3 is 12.1 Å². The Kier molecular flexibility index (Phi) is 30.4. The number of amides is 10. The number of fused-ring (bicyclic) bond motifs is 3. The number of anilines is 2. The molecule has 636 valence electrons. The zero-order valence-corrected chi connectivity index (χ0v) is 71.7. The lowest BCUT2D eigenvalue weighted by Gasteiger charge is -2.48. The van der Waals surface area contributed by atoms with E-state index < -0.39 is 74.4 Å². The molecule has 33 heteroatoms. The van der Waals surface area contributed by atoms with Crippen molar-refractivity contribution < 1.29 is 71.0 Å². The molecule has 3 aromatic heterocycles. The number of nitrogens with one attached hydrogen (secondary N) is 5. The Hall–Kier alpha value is -10.2. The van der Waals surface area contributed by atoms with Gasteiger partial charge in [0, 0.05) is 102 Å². The number of hydrogen-bond acceptors (Lipinski definition) is 23. The number of primary amides is 1. The molecule has 6 aromatic rings. The fourth-order valence-electron chi connectivity index (χ4n) is 15.6. The zero-order valence-electron chi connectivity index (χ0n) is 69.9. The molecule has 0 bridgehead atoms. The third kappa shape index (κ3) is 22.8. The van der Waals surface area contributed by atoms with Crippen LogP contribution in [0.5, 0.6) is 11.6 Å². The molecule has 1 unspecified atom stereocenters. The largest absolute Gasteiger partial charge is 0.474 e. The number of unbranched alkanes of at least 4 members (excludes halogenated alkanes) is 2. The zero-order chi connectivity index (χ0) is 84.5. The second-order valence-electron chi connectivity index (χ2n) is 33.4. The lowest BCUT2D eigenvalue weighted by molar-refractivity contribution is -0.141. The highest BCUT2D eigenvalue weighted by molar-refractivity contribution is 7.13. The number of hydrogen-bond donors (Lipinski definition) is 6. The van der Waals surface area contributed by atoms with Gasteiger partial charge in [-0.1, -0.05) is 122 Å². The summed E-state index contributed by atoms with van der Waals surface area (Å²) in [6.45, 7) is 28.4. The molecule has 0 aliphatic carbocycles. The Balaban J connectivity index is 0.721. The number of rotatable bonds is 37. The maximum atomic E-state index is 15.3. The first kappa shape index (κ1) is 88.6. The fraction of sp³-hybridized carbons (Fsp3) is 0.541. The minimum atomic E-state index is -2.31. The van der Waals surface area contributed by atoms with E-state index in [2.05, 4.69) is 103 Å². The Bertz CT molecular complexity index is 4480. The molecule has 11 rings (SSSR count). The third-order valence-electron chi connectivity index (χ3n) is 23.2. The van der Waals surface area contributed by atoms with Gasteiger partial charge in [0.1, 0.15) is 36.4 Å². The number of likely N-dealkylation sites (tertiary alicyclic amines) is 2. The number of imide groups is 1. The van der Waals surface area contributed by atoms with Gasteiger partial charge in [-0.25, -0.2) is 14.6 Å². The van der Waals surface area contributed by atoms with Crippen LogP contribution in [-0.2, 0) is 47.5 Å². The van der Waals surface area contributed by atoms with E-state index in [1.165, 1.54) is 24.2 Å². The highest BCUT2D eigenvalue weighted by atomic mass is 32.1. The first-order valence-electron chi connectivity index (χ1n) is 41.1. The summed E-state index contributed by atoms with van der Waals surface area (Å²) in [5.41, 5.74) is 12.4. The number of methoxy groups -OCH3 is 1. The number of carbonyl (C=O) groups is 9. The molecule has 3 saturated heterocycles. The second kappa shape index (κ2) is 40.5. The van der Waals surface area contributed by atoms with E-state index in [1.54, 1.807) is 66.5 Å². The number of nitrogens with zero attached hydrogens (tertiary/aromatic N) is 10. The van der Waals surface area contributed by atoms with Gasteiger partial charge in [0.2, 0.25) is 35.8 Å². The lowest BCUT2D eigenvalue weighted by atomic mass is 9.91.